The van der Waals surface area contributed by atoms with Gasteiger partial charge >= 0.3 is 0 Å². The number of rotatable bonds is 9. The first-order valence-electron chi connectivity index (χ1n) is 22.9. The maximum Gasteiger partial charge on any atom is 0.228 e. The van der Waals surface area contributed by atoms with Crippen molar-refractivity contribution >= 4 is 69.7 Å². The third kappa shape index (κ3) is 14.6. The molecule has 2 aromatic heterocycles. The predicted octanol–water partition coefficient (Wildman–Crippen LogP) is 10.2. The predicted molar refractivity (Wildman–Crippen MR) is 277 cm³/mol. The number of aliphatic hydroxyl groups excluding tert-OH is 1. The molecule has 5 N–H and O–H groups in total. The van der Waals surface area contributed by atoms with Crippen LogP contribution in [0.5, 0.6) is 0 Å². The van der Waals surface area contributed by atoms with Crippen LogP contribution in [0.15, 0.2) is 97.3 Å². The number of nitrogens with one attached hydrogen (secondary N) is 4. The fourth-order valence-corrected chi connectivity index (χ4v) is 8.75. The molecule has 6 aromatic rings. The van der Waals surface area contributed by atoms with Crippen LogP contribution < -0.4 is 21.3 Å². The van der Waals surface area contributed by atoms with Gasteiger partial charge in [0.15, 0.2) is 0 Å². The molecule has 0 atom stereocenters. The molecule has 10 rings (SSSR count). The number of amides is 2. The number of carbonyl (C=O) groups excluding carboxylic acids is 2. The number of aryl methyl sites for hydroxylation is 1. The molecule has 2 amide bonds. The van der Waals surface area contributed by atoms with Gasteiger partial charge in [0.25, 0.3) is 0 Å². The van der Waals surface area contributed by atoms with Crippen molar-refractivity contribution in [1.29, 1.82) is 0 Å². The molecule has 6 heterocycles. The van der Waals surface area contributed by atoms with Crippen LogP contribution in [0.2, 0.25) is 10.0 Å². The van der Waals surface area contributed by atoms with Crippen LogP contribution in [0.4, 0.5) is 34.6 Å². The van der Waals surface area contributed by atoms with E-state index in [-0.39, 0.29) is 60.5 Å². The monoisotopic (exact) mass is 1060 g/mol. The van der Waals surface area contributed by atoms with Crippen LogP contribution in [0.25, 0.3) is 22.5 Å². The number of aliphatic hydroxyl groups is 1. The fourth-order valence-electron chi connectivity index (χ4n) is 8.40. The Kier molecular flexibility index (Phi) is 19.6. The van der Waals surface area contributed by atoms with Crippen molar-refractivity contribution < 1.29 is 36.5 Å². The Balaban J connectivity index is 0.000000237. The summed E-state index contributed by atoms with van der Waals surface area (Å²) in [4.78, 5) is 47.7. The summed E-state index contributed by atoms with van der Waals surface area (Å²) in [6, 6.07) is 27.2. The van der Waals surface area contributed by atoms with E-state index in [0.717, 1.165) is 76.6 Å². The van der Waals surface area contributed by atoms with Crippen LogP contribution in [0.3, 0.4) is 0 Å². The average Bonchev–Trinajstić information content (AvgIpc) is 4.00. The molecule has 69 heavy (non-hydrogen) atoms. The Labute approximate surface area is 430 Å². The van der Waals surface area contributed by atoms with Gasteiger partial charge in [0, 0.05) is 90.1 Å². The maximum atomic E-state index is 12.2. The zero-order valence-corrected chi connectivity index (χ0v) is 41.9. The third-order valence-corrected chi connectivity index (χ3v) is 12.1. The number of halogens is 2. The molecule has 4 aliphatic rings. The summed E-state index contributed by atoms with van der Waals surface area (Å²) in [6.45, 7) is 8.76. The van der Waals surface area contributed by atoms with Crippen molar-refractivity contribution in [2.24, 2.45) is 0 Å². The van der Waals surface area contributed by atoms with Gasteiger partial charge < -0.3 is 38.7 Å². The molecular weight excluding hydrogens is 1000 g/mol. The topological polar surface area (TPSA) is 161 Å². The van der Waals surface area contributed by atoms with Gasteiger partial charge in [-0.25, -0.2) is 19.9 Å². The van der Waals surface area contributed by atoms with Gasteiger partial charge in [0.05, 0.1) is 42.1 Å². The molecule has 0 unspecified atom stereocenters. The zero-order chi connectivity index (χ0) is 46.5. The molecule has 364 valence electrons. The van der Waals surface area contributed by atoms with E-state index in [2.05, 4.69) is 77.1 Å². The van der Waals surface area contributed by atoms with Gasteiger partial charge in [-0.1, -0.05) is 47.2 Å². The van der Waals surface area contributed by atoms with Gasteiger partial charge in [0.1, 0.15) is 0 Å². The first-order chi connectivity index (χ1) is 32.7. The smallest absolute Gasteiger partial charge is 0.228 e. The second-order valence-electron chi connectivity index (χ2n) is 16.7. The molecular formula is C53H59Cl2N10O3Pd-. The van der Waals surface area contributed by atoms with Crippen molar-refractivity contribution in [3.05, 3.63) is 137 Å². The number of likely N-dealkylation sites (tertiary alicyclic amines) is 2. The minimum Gasteiger partial charge on any atom is -0.397 e. The number of benzene rings is 4. The van der Waals surface area contributed by atoms with Crippen LogP contribution in [0.1, 0.15) is 62.7 Å². The van der Waals surface area contributed by atoms with E-state index >= 15 is 0 Å². The summed E-state index contributed by atoms with van der Waals surface area (Å²) in [7, 11) is 0. The van der Waals surface area contributed by atoms with E-state index in [1.54, 1.807) is 43.6 Å². The van der Waals surface area contributed by atoms with E-state index in [4.69, 9.17) is 38.3 Å². The minimum absolute atomic E-state index is 0. The van der Waals surface area contributed by atoms with Crippen molar-refractivity contribution in [3.8, 4) is 34.4 Å². The van der Waals surface area contributed by atoms with Crippen molar-refractivity contribution in [2.75, 3.05) is 67.1 Å². The van der Waals surface area contributed by atoms with Crippen molar-refractivity contribution in [3.63, 3.8) is 0 Å². The summed E-state index contributed by atoms with van der Waals surface area (Å²) in [5.41, 5.74) is 10.1. The van der Waals surface area contributed by atoms with E-state index in [1.807, 2.05) is 36.4 Å². The minimum atomic E-state index is -0.113. The maximum absolute atomic E-state index is 12.2. The number of anilines is 6. The first-order valence-corrected chi connectivity index (χ1v) is 23.6. The Morgan fingerprint density at radius 3 is 1.65 bits per heavy atom. The number of aromatic nitrogens is 4. The number of fused-ring (bicyclic) bond motifs is 6. The molecule has 0 spiro atoms. The van der Waals surface area contributed by atoms with Gasteiger partial charge in [0.2, 0.25) is 23.7 Å². The molecule has 0 saturated carbocycles. The molecule has 13 nitrogen and oxygen atoms in total. The zero-order valence-electron chi connectivity index (χ0n) is 38.9. The van der Waals surface area contributed by atoms with E-state index < -0.39 is 0 Å². The standard InChI is InChI=1S/C25H26ClN5O.C25H22ClN5O.C2H6O.CH3.Pd.H2/c2*26-19-7-10-21-22(15-19)29-23(32)14-18-16-27-25(30-24(18)21)28-20-8-5-17(6-9-20)4-3-13-31-11-1-2-12-31;1-2-3;;;/h5-10,15-16H,1-4,11-14H2,(H,29,32)(H,27,28,30);5-10,15-16H,1-2,11-14H2,(H,29,32)(H,27,28,30);3H,2H2,1H3;1H3;;1H/q;;;-1;;. The number of carbonyl (C=O) groups is 2. The molecule has 2 saturated heterocycles. The Hall–Kier alpha value is -5.74. The van der Waals surface area contributed by atoms with Crippen molar-refractivity contribution in [1.82, 2.24) is 29.7 Å². The number of hydrogen-bond acceptors (Lipinski definition) is 11. The van der Waals surface area contributed by atoms with Gasteiger partial charge in [-0.2, -0.15) is 0 Å². The number of nitrogens with zero attached hydrogens (tertiary/aromatic N) is 6. The summed E-state index contributed by atoms with van der Waals surface area (Å²) in [5.74, 6) is 7.24. The van der Waals surface area contributed by atoms with Crippen LogP contribution in [-0.2, 0) is 49.3 Å². The van der Waals surface area contributed by atoms with Crippen LogP contribution in [-0.4, -0.2) is 92.5 Å². The van der Waals surface area contributed by atoms with E-state index in [9.17, 15) is 9.59 Å². The first kappa shape index (κ1) is 52.6. The molecule has 2 fully saturated rings. The molecule has 16 heteroatoms. The largest absolute Gasteiger partial charge is 0.397 e. The van der Waals surface area contributed by atoms with Gasteiger partial charge in [-0.05, 0) is 157 Å². The van der Waals surface area contributed by atoms with Crippen LogP contribution in [0, 0.1) is 19.3 Å². The summed E-state index contributed by atoms with van der Waals surface area (Å²) in [6.07, 6.45) is 11.4. The molecule has 0 aliphatic carbocycles. The van der Waals surface area contributed by atoms with Crippen molar-refractivity contribution in [2.45, 2.75) is 58.3 Å². The summed E-state index contributed by atoms with van der Waals surface area (Å²) in [5, 5.41) is 21.0. The molecule has 4 aromatic carbocycles. The number of hydrogen-bond donors (Lipinski definition) is 5. The fraction of sp³-hybridized carbons (Fsp3) is 0.302. The summed E-state index contributed by atoms with van der Waals surface area (Å²) >= 11 is 12.2. The second kappa shape index (κ2) is 25.7. The third-order valence-electron chi connectivity index (χ3n) is 11.7. The summed E-state index contributed by atoms with van der Waals surface area (Å²) < 4.78 is 0. The Morgan fingerprint density at radius 1 is 0.696 bits per heavy atom. The van der Waals surface area contributed by atoms with Gasteiger partial charge in [-0.3, -0.25) is 14.5 Å². The van der Waals surface area contributed by atoms with E-state index in [1.165, 1.54) is 57.3 Å². The van der Waals surface area contributed by atoms with Gasteiger partial charge in [-0.15, -0.1) is 0 Å². The van der Waals surface area contributed by atoms with E-state index in [0.29, 0.717) is 33.3 Å². The Bertz CT molecular complexity index is 2760. The van der Waals surface area contributed by atoms with Crippen LogP contribution >= 0.6 is 23.2 Å². The second-order valence-corrected chi connectivity index (χ2v) is 17.6. The average molecular weight is 1060 g/mol. The molecule has 4 aliphatic heterocycles. The SMILES string of the molecule is CCO.O=C1Cc2cnc(Nc3ccc(C#CCN4CCCC4)cc3)nc2-c2ccc(Cl)cc2N1.O=C1Cc2cnc(Nc3ccc(CCCN4CCCC4)cc3)nc2-c2ccc(Cl)cc2N1.[CH3-].[HH].[Pd]. The molecule has 0 radical (unpaired) electrons. The normalized spacial score (nSPS) is 14.5. The Morgan fingerprint density at radius 2 is 1.16 bits per heavy atom. The molecule has 0 bridgehead atoms. The quantitative estimate of drug-likeness (QED) is 0.0533.